The van der Waals surface area contributed by atoms with Crippen molar-refractivity contribution in [3.63, 3.8) is 0 Å². The molecule has 0 amide bonds. The molecule has 0 aliphatic rings. The van der Waals surface area contributed by atoms with Crippen LogP contribution in [0.3, 0.4) is 0 Å². The van der Waals surface area contributed by atoms with E-state index in [9.17, 15) is 0 Å². The lowest BCUT2D eigenvalue weighted by Crippen LogP contribution is -1.92. The van der Waals surface area contributed by atoms with Crippen molar-refractivity contribution in [3.8, 4) is 0 Å². The van der Waals surface area contributed by atoms with Gasteiger partial charge >= 0.3 is 0 Å². The number of nitrogens with two attached hydrogens (primary N) is 1. The number of anilines is 1. The summed E-state index contributed by atoms with van der Waals surface area (Å²) >= 11 is 0. The van der Waals surface area contributed by atoms with Gasteiger partial charge < -0.3 is 10.2 Å². The van der Waals surface area contributed by atoms with Crippen LogP contribution in [-0.2, 0) is 0 Å². The molecule has 4 heteroatoms. The van der Waals surface area contributed by atoms with Crippen LogP contribution < -0.4 is 5.73 Å². The molecule has 2 aromatic heterocycles. The Kier molecular flexibility index (Phi) is 1.30. The summed E-state index contributed by atoms with van der Waals surface area (Å²) in [5.41, 5.74) is 7.84. The van der Waals surface area contributed by atoms with Gasteiger partial charge in [-0.1, -0.05) is 0 Å². The highest BCUT2D eigenvalue weighted by Crippen LogP contribution is 2.20. The summed E-state index contributed by atoms with van der Waals surface area (Å²) < 4.78 is 5.26. The van der Waals surface area contributed by atoms with Crippen molar-refractivity contribution in [3.05, 3.63) is 17.7 Å². The normalized spacial score (nSPS) is 10.8. The highest BCUT2D eigenvalue weighted by atomic mass is 16.3. The minimum Gasteiger partial charge on any atom is -0.437 e. The van der Waals surface area contributed by atoms with E-state index >= 15 is 0 Å². The van der Waals surface area contributed by atoms with Gasteiger partial charge in [0.2, 0.25) is 0 Å². The average molecular weight is 163 g/mol. The Morgan fingerprint density at radius 1 is 1.33 bits per heavy atom. The van der Waals surface area contributed by atoms with Crippen molar-refractivity contribution in [2.75, 3.05) is 5.73 Å². The molecule has 12 heavy (non-hydrogen) atoms. The van der Waals surface area contributed by atoms with E-state index in [0.717, 1.165) is 11.2 Å². The molecule has 2 aromatic rings. The second-order valence-electron chi connectivity index (χ2n) is 2.73. The van der Waals surface area contributed by atoms with Crippen molar-refractivity contribution < 1.29 is 4.42 Å². The first-order chi connectivity index (χ1) is 5.66. The van der Waals surface area contributed by atoms with Crippen LogP contribution in [0.2, 0.25) is 0 Å². The van der Waals surface area contributed by atoms with E-state index in [-0.39, 0.29) is 0 Å². The number of nitrogens with zero attached hydrogens (tertiary/aromatic N) is 2. The van der Waals surface area contributed by atoms with Gasteiger partial charge in [-0.25, -0.2) is 9.97 Å². The zero-order valence-corrected chi connectivity index (χ0v) is 6.96. The van der Waals surface area contributed by atoms with Crippen LogP contribution >= 0.6 is 0 Å². The highest BCUT2D eigenvalue weighted by molar-refractivity contribution is 5.82. The summed E-state index contributed by atoms with van der Waals surface area (Å²) in [5, 5.41) is 0. The summed E-state index contributed by atoms with van der Waals surface area (Å²) in [4.78, 5) is 8.21. The molecule has 2 N–H and O–H groups in total. The zero-order valence-electron chi connectivity index (χ0n) is 6.96. The maximum absolute atomic E-state index is 5.63. The summed E-state index contributed by atoms with van der Waals surface area (Å²) in [7, 11) is 0. The van der Waals surface area contributed by atoms with Gasteiger partial charge in [0.05, 0.1) is 0 Å². The van der Waals surface area contributed by atoms with Crippen molar-refractivity contribution in [2.45, 2.75) is 13.8 Å². The molecule has 0 aromatic carbocycles. The second-order valence-corrected chi connectivity index (χ2v) is 2.73. The second kappa shape index (κ2) is 2.20. The van der Waals surface area contributed by atoms with Crippen LogP contribution in [0.5, 0.6) is 0 Å². The van der Waals surface area contributed by atoms with E-state index in [4.69, 9.17) is 10.2 Å². The number of pyridine rings is 1. The third-order valence-corrected chi connectivity index (χ3v) is 1.64. The van der Waals surface area contributed by atoms with Gasteiger partial charge in [-0.05, 0) is 13.0 Å². The molecule has 0 bridgehead atoms. The molecule has 0 radical (unpaired) electrons. The number of rotatable bonds is 0. The summed E-state index contributed by atoms with van der Waals surface area (Å²) in [5.74, 6) is 1.02. The van der Waals surface area contributed by atoms with Gasteiger partial charge in [-0.2, -0.15) is 0 Å². The molecule has 0 saturated carbocycles. The molecule has 62 valence electrons. The Morgan fingerprint density at radius 2 is 2.08 bits per heavy atom. The molecule has 0 spiro atoms. The summed E-state index contributed by atoms with van der Waals surface area (Å²) in [6.45, 7) is 3.66. The molecule has 0 aliphatic heterocycles. The van der Waals surface area contributed by atoms with E-state index in [1.165, 1.54) is 0 Å². The first kappa shape index (κ1) is 7.09. The zero-order chi connectivity index (χ0) is 8.72. The van der Waals surface area contributed by atoms with Crippen LogP contribution in [0.25, 0.3) is 11.1 Å². The van der Waals surface area contributed by atoms with Crippen LogP contribution in [0, 0.1) is 13.8 Å². The predicted molar refractivity (Wildman–Crippen MR) is 45.7 cm³/mol. The molecule has 2 rings (SSSR count). The first-order valence-electron chi connectivity index (χ1n) is 3.67. The molecule has 0 unspecified atom stereocenters. The number of aryl methyl sites for hydroxylation is 2. The fourth-order valence-corrected chi connectivity index (χ4v) is 1.20. The first-order valence-corrected chi connectivity index (χ1v) is 3.67. The molecular formula is C8H9N3O. The average Bonchev–Trinajstić information content (AvgIpc) is 2.29. The lowest BCUT2D eigenvalue weighted by Gasteiger charge is -1.93. The fraction of sp³-hybridized carbons (Fsp3) is 0.250. The maximum Gasteiger partial charge on any atom is 0.196 e. The molecule has 0 atom stereocenters. The van der Waals surface area contributed by atoms with Crippen molar-refractivity contribution in [1.29, 1.82) is 0 Å². The topological polar surface area (TPSA) is 64.9 Å². The third kappa shape index (κ3) is 0.922. The molecule has 2 heterocycles. The van der Waals surface area contributed by atoms with Gasteiger partial charge in [-0.15, -0.1) is 0 Å². The van der Waals surface area contributed by atoms with Gasteiger partial charge in [0.25, 0.3) is 0 Å². The van der Waals surface area contributed by atoms with E-state index in [1.54, 1.807) is 6.92 Å². The lowest BCUT2D eigenvalue weighted by atomic mass is 10.3. The Balaban J connectivity index is 2.88. The molecular weight excluding hydrogens is 154 g/mol. The van der Waals surface area contributed by atoms with Gasteiger partial charge in [0.1, 0.15) is 5.52 Å². The Labute approximate surface area is 69.4 Å². The van der Waals surface area contributed by atoms with E-state index in [2.05, 4.69) is 9.97 Å². The minimum atomic E-state index is 0.408. The lowest BCUT2D eigenvalue weighted by molar-refractivity contribution is 0.561. The summed E-state index contributed by atoms with van der Waals surface area (Å²) in [6, 6.07) is 1.85. The van der Waals surface area contributed by atoms with Gasteiger partial charge in [0, 0.05) is 12.6 Å². The van der Waals surface area contributed by atoms with Gasteiger partial charge in [-0.3, -0.25) is 0 Å². The van der Waals surface area contributed by atoms with Crippen LogP contribution in [-0.4, -0.2) is 9.97 Å². The van der Waals surface area contributed by atoms with Gasteiger partial charge in [0.15, 0.2) is 17.3 Å². The van der Waals surface area contributed by atoms with Crippen LogP contribution in [0.4, 0.5) is 5.82 Å². The predicted octanol–water partition coefficient (Wildman–Crippen LogP) is 1.42. The van der Waals surface area contributed by atoms with Crippen LogP contribution in [0.15, 0.2) is 10.5 Å². The SMILES string of the molecule is Cc1cc2nc(C)oc2c(N)n1. The number of oxazole rings is 1. The molecule has 0 saturated heterocycles. The Hall–Kier alpha value is -1.58. The largest absolute Gasteiger partial charge is 0.437 e. The van der Waals surface area contributed by atoms with E-state index < -0.39 is 0 Å². The molecule has 4 nitrogen and oxygen atoms in total. The van der Waals surface area contributed by atoms with E-state index in [1.807, 2.05) is 13.0 Å². The standard InChI is InChI=1S/C8H9N3O/c1-4-3-6-7(8(9)10-4)12-5(2)11-6/h3H,1-2H3,(H2,9,10). The highest BCUT2D eigenvalue weighted by Gasteiger charge is 2.06. The Morgan fingerprint density at radius 3 is 2.83 bits per heavy atom. The number of fused-ring (bicyclic) bond motifs is 1. The van der Waals surface area contributed by atoms with Crippen molar-refractivity contribution >= 4 is 16.9 Å². The smallest absolute Gasteiger partial charge is 0.196 e. The fourth-order valence-electron chi connectivity index (χ4n) is 1.20. The summed E-state index contributed by atoms with van der Waals surface area (Å²) in [6.07, 6.45) is 0. The maximum atomic E-state index is 5.63. The molecule has 0 aliphatic carbocycles. The number of hydrogen-bond donors (Lipinski definition) is 1. The van der Waals surface area contributed by atoms with Crippen molar-refractivity contribution in [2.24, 2.45) is 0 Å². The minimum absolute atomic E-state index is 0.408. The third-order valence-electron chi connectivity index (χ3n) is 1.64. The van der Waals surface area contributed by atoms with Crippen LogP contribution in [0.1, 0.15) is 11.6 Å². The quantitative estimate of drug-likeness (QED) is 0.637. The van der Waals surface area contributed by atoms with Crippen molar-refractivity contribution in [1.82, 2.24) is 9.97 Å². The van der Waals surface area contributed by atoms with E-state index in [0.29, 0.717) is 17.3 Å². The number of hydrogen-bond acceptors (Lipinski definition) is 4. The number of aromatic nitrogens is 2. The Bertz CT molecular complexity index is 433. The monoisotopic (exact) mass is 163 g/mol. The molecule has 0 fully saturated rings. The number of nitrogen functional groups attached to an aromatic ring is 1.